The molecule has 0 unspecified atom stereocenters. The second-order valence-corrected chi connectivity index (χ2v) is 8.59. The molecule has 0 aliphatic carbocycles. The molecule has 0 saturated carbocycles. The van der Waals surface area contributed by atoms with E-state index in [2.05, 4.69) is 32.0 Å². The number of hydrogen-bond donors (Lipinski definition) is 1. The molecule has 0 fully saturated rings. The maximum Gasteiger partial charge on any atom is 0.254 e. The first-order valence-electron chi connectivity index (χ1n) is 9.36. The second kappa shape index (κ2) is 7.65. The Bertz CT molecular complexity index is 1190. The van der Waals surface area contributed by atoms with E-state index in [0.29, 0.717) is 31.0 Å². The lowest BCUT2D eigenvalue weighted by molar-refractivity contribution is 0.0734. The number of nitrogens with zero attached hydrogens (tertiary/aromatic N) is 2. The van der Waals surface area contributed by atoms with Crippen molar-refractivity contribution in [1.29, 1.82) is 0 Å². The van der Waals surface area contributed by atoms with Crippen molar-refractivity contribution in [3.05, 3.63) is 80.3 Å². The maximum absolute atomic E-state index is 13.2. The van der Waals surface area contributed by atoms with Crippen molar-refractivity contribution in [2.24, 2.45) is 0 Å². The van der Waals surface area contributed by atoms with Gasteiger partial charge in [-0.2, -0.15) is 0 Å². The molecule has 5 nitrogen and oxygen atoms in total. The van der Waals surface area contributed by atoms with Crippen molar-refractivity contribution in [3.8, 4) is 5.75 Å². The van der Waals surface area contributed by atoms with Gasteiger partial charge in [0.1, 0.15) is 12.4 Å². The average Bonchev–Trinajstić information content (AvgIpc) is 3.40. The Morgan fingerprint density at radius 3 is 3.03 bits per heavy atom. The number of thiazole rings is 1. The summed E-state index contributed by atoms with van der Waals surface area (Å²) < 4.78 is 6.85. The van der Waals surface area contributed by atoms with E-state index in [1.807, 2.05) is 46.7 Å². The van der Waals surface area contributed by atoms with Crippen LogP contribution in [0.3, 0.4) is 0 Å². The first kappa shape index (κ1) is 18.4. The van der Waals surface area contributed by atoms with E-state index in [9.17, 15) is 4.79 Å². The van der Waals surface area contributed by atoms with E-state index in [1.54, 1.807) is 16.8 Å². The monoisotopic (exact) mass is 467 g/mol. The second-order valence-electron chi connectivity index (χ2n) is 7.02. The average molecular weight is 468 g/mol. The lowest BCUT2D eigenvalue weighted by Crippen LogP contribution is -2.35. The Balaban J connectivity index is 1.36. The Hall–Kier alpha value is -2.64. The summed E-state index contributed by atoms with van der Waals surface area (Å²) in [6.45, 7) is 1.70. The number of aromatic nitrogens is 2. The minimum Gasteiger partial charge on any atom is -0.487 e. The molecule has 1 aliphatic heterocycles. The first-order valence-corrected chi connectivity index (χ1v) is 11.1. The predicted molar refractivity (Wildman–Crippen MR) is 117 cm³/mol. The summed E-state index contributed by atoms with van der Waals surface area (Å²) in [5.74, 6) is 0.705. The molecular formula is C22H18BrN3O2S. The number of rotatable bonds is 4. The van der Waals surface area contributed by atoms with Crippen molar-refractivity contribution >= 4 is 44.1 Å². The number of ether oxygens (including phenoxy) is 1. The topological polar surface area (TPSA) is 58.2 Å². The number of fused-ring (bicyclic) bond motifs is 3. The molecule has 1 aliphatic rings. The van der Waals surface area contributed by atoms with Gasteiger partial charge in [0.25, 0.3) is 5.91 Å². The van der Waals surface area contributed by atoms with Crippen molar-refractivity contribution < 1.29 is 9.53 Å². The van der Waals surface area contributed by atoms with Crippen LogP contribution >= 0.6 is 27.3 Å². The molecule has 0 radical (unpaired) electrons. The molecule has 0 bridgehead atoms. The highest BCUT2D eigenvalue weighted by molar-refractivity contribution is 9.10. The summed E-state index contributed by atoms with van der Waals surface area (Å²) in [7, 11) is 0. The molecule has 4 aromatic rings. The normalized spacial score (nSPS) is 13.5. The molecule has 0 atom stereocenters. The van der Waals surface area contributed by atoms with Crippen molar-refractivity contribution in [2.75, 3.05) is 6.54 Å². The van der Waals surface area contributed by atoms with Crippen LogP contribution in [0, 0.1) is 0 Å². The van der Waals surface area contributed by atoms with Gasteiger partial charge in [-0.25, -0.2) is 4.98 Å². The number of amides is 1. The molecule has 29 heavy (non-hydrogen) atoms. The Morgan fingerprint density at radius 1 is 1.28 bits per heavy atom. The first-order chi connectivity index (χ1) is 14.2. The van der Waals surface area contributed by atoms with Crippen LogP contribution in [0.25, 0.3) is 10.9 Å². The van der Waals surface area contributed by atoms with Gasteiger partial charge in [0.2, 0.25) is 0 Å². The number of aromatic amines is 1. The molecule has 146 valence electrons. The number of para-hydroxylation sites is 1. The van der Waals surface area contributed by atoms with Crippen LogP contribution < -0.4 is 4.74 Å². The van der Waals surface area contributed by atoms with Gasteiger partial charge in [0, 0.05) is 51.6 Å². The van der Waals surface area contributed by atoms with Crippen LogP contribution in [0.5, 0.6) is 5.75 Å². The fraction of sp³-hybridized carbons (Fsp3) is 0.182. The minimum atomic E-state index is 0.0269. The summed E-state index contributed by atoms with van der Waals surface area (Å²) >= 11 is 5.15. The number of carbonyl (C=O) groups excluding carboxylic acids is 1. The third-order valence-corrected chi connectivity index (χ3v) is 6.49. The molecule has 2 aromatic carbocycles. The number of hydrogen-bond acceptors (Lipinski definition) is 4. The lowest BCUT2D eigenvalue weighted by atomic mass is 10.0. The van der Waals surface area contributed by atoms with E-state index in [-0.39, 0.29) is 5.91 Å². The molecule has 7 heteroatoms. The molecule has 3 heterocycles. The van der Waals surface area contributed by atoms with Gasteiger partial charge in [-0.05, 0) is 40.2 Å². The van der Waals surface area contributed by atoms with Gasteiger partial charge in [-0.15, -0.1) is 11.3 Å². The van der Waals surface area contributed by atoms with Gasteiger partial charge in [0.15, 0.2) is 0 Å². The zero-order chi connectivity index (χ0) is 19.8. The highest BCUT2D eigenvalue weighted by Gasteiger charge is 2.25. The largest absolute Gasteiger partial charge is 0.487 e. The molecule has 1 amide bonds. The number of halogens is 1. The highest BCUT2D eigenvalue weighted by Crippen LogP contribution is 2.32. The molecule has 0 spiro atoms. The molecule has 0 saturated heterocycles. The van der Waals surface area contributed by atoms with Gasteiger partial charge in [-0.1, -0.05) is 18.2 Å². The van der Waals surface area contributed by atoms with Gasteiger partial charge in [0.05, 0.1) is 16.7 Å². The molecular weight excluding hydrogens is 450 g/mol. The van der Waals surface area contributed by atoms with E-state index in [0.717, 1.165) is 22.1 Å². The Morgan fingerprint density at radius 2 is 2.17 bits per heavy atom. The third-order valence-electron chi connectivity index (χ3n) is 5.20. The minimum absolute atomic E-state index is 0.0269. The predicted octanol–water partition coefficient (Wildman–Crippen LogP) is 5.16. The Labute approximate surface area is 180 Å². The van der Waals surface area contributed by atoms with E-state index >= 15 is 0 Å². The molecule has 1 N–H and O–H groups in total. The number of nitrogens with one attached hydrogen (secondary N) is 1. The van der Waals surface area contributed by atoms with Crippen LogP contribution in [-0.2, 0) is 19.6 Å². The Kier molecular flexibility index (Phi) is 4.85. The summed E-state index contributed by atoms with van der Waals surface area (Å²) in [4.78, 5) is 22.8. The fourth-order valence-corrected chi connectivity index (χ4v) is 4.75. The number of benzene rings is 2. The quantitative estimate of drug-likeness (QED) is 0.450. The van der Waals surface area contributed by atoms with Crippen LogP contribution in [0.1, 0.15) is 27.3 Å². The van der Waals surface area contributed by atoms with E-state index < -0.39 is 0 Å². The maximum atomic E-state index is 13.2. The molecule has 5 rings (SSSR count). The van der Waals surface area contributed by atoms with Crippen LogP contribution in [0.2, 0.25) is 0 Å². The SMILES string of the molecule is O=C(c1cccc(OCc2cscn2)c1)N1CCc2[nH]c3c(Br)cccc3c2C1. The smallest absolute Gasteiger partial charge is 0.254 e. The van der Waals surface area contributed by atoms with Crippen molar-refractivity contribution in [3.63, 3.8) is 0 Å². The zero-order valence-corrected chi connectivity index (χ0v) is 17.9. The van der Waals surface area contributed by atoms with Crippen molar-refractivity contribution in [2.45, 2.75) is 19.6 Å². The van der Waals surface area contributed by atoms with Gasteiger partial charge in [-0.3, -0.25) is 4.79 Å². The van der Waals surface area contributed by atoms with Crippen LogP contribution in [-0.4, -0.2) is 27.3 Å². The zero-order valence-electron chi connectivity index (χ0n) is 15.5. The van der Waals surface area contributed by atoms with Gasteiger partial charge >= 0.3 is 0 Å². The number of carbonyl (C=O) groups is 1. The van der Waals surface area contributed by atoms with Crippen molar-refractivity contribution in [1.82, 2.24) is 14.9 Å². The third kappa shape index (κ3) is 3.56. The highest BCUT2D eigenvalue weighted by atomic mass is 79.9. The van der Waals surface area contributed by atoms with E-state index in [1.165, 1.54) is 16.6 Å². The summed E-state index contributed by atoms with van der Waals surface area (Å²) in [5, 5.41) is 3.13. The standard InChI is InChI=1S/C22H18BrN3O2S/c23-19-6-2-5-17-18-10-26(8-7-20(18)25-21(17)19)22(27)14-3-1-4-16(9-14)28-11-15-12-29-13-24-15/h1-6,9,12-13,25H,7-8,10-11H2. The van der Waals surface area contributed by atoms with E-state index in [4.69, 9.17) is 4.74 Å². The molecule has 2 aromatic heterocycles. The van der Waals surface area contributed by atoms with Crippen LogP contribution in [0.4, 0.5) is 0 Å². The lowest BCUT2D eigenvalue weighted by Gasteiger charge is -2.27. The summed E-state index contributed by atoms with van der Waals surface area (Å²) in [6.07, 6.45) is 0.822. The van der Waals surface area contributed by atoms with Gasteiger partial charge < -0.3 is 14.6 Å². The summed E-state index contributed by atoms with van der Waals surface area (Å²) in [5.41, 5.74) is 6.84. The number of H-pyrrole nitrogens is 1. The van der Waals surface area contributed by atoms with Crippen LogP contribution in [0.15, 0.2) is 57.8 Å². The fourth-order valence-electron chi connectivity index (χ4n) is 3.74. The summed E-state index contributed by atoms with van der Waals surface area (Å²) in [6, 6.07) is 13.6.